The third kappa shape index (κ3) is 5.46. The quantitative estimate of drug-likeness (QED) is 0.633. The van der Waals surface area contributed by atoms with Gasteiger partial charge in [0.25, 0.3) is 0 Å². The number of methoxy groups -OCH3 is 1. The van der Waals surface area contributed by atoms with Gasteiger partial charge in [0.2, 0.25) is 23.6 Å². The molecule has 4 amide bonds. The number of nitrogens with one attached hydrogen (secondary N) is 3. The number of hydrogen-bond donors (Lipinski definition) is 3. The molecule has 2 rings (SSSR count). The van der Waals surface area contributed by atoms with Gasteiger partial charge in [-0.25, -0.2) is 0 Å². The number of ether oxygens (including phenoxy) is 1. The van der Waals surface area contributed by atoms with Crippen LogP contribution in [-0.2, 0) is 25.6 Å². The van der Waals surface area contributed by atoms with Crippen LogP contribution in [0.5, 0.6) is 5.75 Å². The minimum atomic E-state index is -0.864. The predicted octanol–water partition coefficient (Wildman–Crippen LogP) is -0.408. The van der Waals surface area contributed by atoms with Gasteiger partial charge in [-0.05, 0) is 38.5 Å². The van der Waals surface area contributed by atoms with Crippen LogP contribution in [0.3, 0.4) is 0 Å². The Morgan fingerprint density at radius 3 is 1.83 bits per heavy atom. The summed E-state index contributed by atoms with van der Waals surface area (Å²) in [6, 6.07) is 3.74. The van der Waals surface area contributed by atoms with Crippen molar-refractivity contribution in [1.82, 2.24) is 20.9 Å². The molecular weight excluding hydrogens is 376 g/mol. The third-order valence-corrected chi connectivity index (χ3v) is 4.94. The molecule has 1 aromatic rings. The molecule has 0 bridgehead atoms. The molecule has 0 unspecified atom stereocenters. The second-order valence-electron chi connectivity index (χ2n) is 7.21. The molecule has 1 aliphatic heterocycles. The number of amides is 4. The molecule has 4 atom stereocenters. The lowest BCUT2D eigenvalue weighted by molar-refractivity contribution is -0.143. The van der Waals surface area contributed by atoms with Gasteiger partial charge in [-0.2, -0.15) is 0 Å². The topological polar surface area (TPSA) is 117 Å². The number of hydrogen-bond acceptors (Lipinski definition) is 5. The maximum atomic E-state index is 12.9. The zero-order chi connectivity index (χ0) is 21.7. The third-order valence-electron chi connectivity index (χ3n) is 4.94. The lowest BCUT2D eigenvalue weighted by atomic mass is 10.0. The number of carbonyl (C=O) groups is 4. The van der Waals surface area contributed by atoms with E-state index in [1.54, 1.807) is 26.2 Å². The number of benzene rings is 1. The van der Waals surface area contributed by atoms with Gasteiger partial charge in [0, 0.05) is 13.5 Å². The van der Waals surface area contributed by atoms with Gasteiger partial charge < -0.3 is 25.6 Å². The molecule has 9 heteroatoms. The van der Waals surface area contributed by atoms with E-state index in [0.29, 0.717) is 5.75 Å². The van der Waals surface area contributed by atoms with E-state index in [1.807, 2.05) is 12.1 Å². The van der Waals surface area contributed by atoms with E-state index in [2.05, 4.69) is 16.0 Å². The first-order valence-corrected chi connectivity index (χ1v) is 9.44. The van der Waals surface area contributed by atoms with Crippen LogP contribution in [0, 0.1) is 0 Å². The molecule has 1 fully saturated rings. The predicted molar refractivity (Wildman–Crippen MR) is 106 cm³/mol. The molecule has 1 aromatic carbocycles. The maximum absolute atomic E-state index is 12.9. The number of carbonyl (C=O) groups excluding carboxylic acids is 4. The van der Waals surface area contributed by atoms with Gasteiger partial charge in [0.15, 0.2) is 0 Å². The summed E-state index contributed by atoms with van der Waals surface area (Å²) >= 11 is 0. The van der Waals surface area contributed by atoms with Crippen molar-refractivity contribution in [3.63, 3.8) is 0 Å². The Bertz CT molecular complexity index is 780. The van der Waals surface area contributed by atoms with Crippen LogP contribution in [0.2, 0.25) is 0 Å². The van der Waals surface area contributed by atoms with Gasteiger partial charge >= 0.3 is 0 Å². The van der Waals surface area contributed by atoms with E-state index in [9.17, 15) is 19.2 Å². The van der Waals surface area contributed by atoms with Gasteiger partial charge in [-0.1, -0.05) is 12.1 Å². The van der Waals surface area contributed by atoms with E-state index in [4.69, 9.17) is 4.74 Å². The maximum Gasteiger partial charge on any atom is 0.245 e. The fourth-order valence-corrected chi connectivity index (χ4v) is 3.03. The molecule has 29 heavy (non-hydrogen) atoms. The molecule has 1 saturated heterocycles. The monoisotopic (exact) mass is 404 g/mol. The van der Waals surface area contributed by atoms with Crippen LogP contribution in [0.1, 0.15) is 26.3 Å². The van der Waals surface area contributed by atoms with Crippen molar-refractivity contribution < 1.29 is 23.9 Å². The highest BCUT2D eigenvalue weighted by atomic mass is 16.5. The zero-order valence-corrected chi connectivity index (χ0v) is 17.3. The Kier molecular flexibility index (Phi) is 7.19. The van der Waals surface area contributed by atoms with Crippen molar-refractivity contribution >= 4 is 23.6 Å². The average Bonchev–Trinajstić information content (AvgIpc) is 2.70. The van der Waals surface area contributed by atoms with Crippen LogP contribution >= 0.6 is 0 Å². The first-order valence-electron chi connectivity index (χ1n) is 9.44. The van der Waals surface area contributed by atoms with Gasteiger partial charge in [0.1, 0.15) is 29.9 Å². The summed E-state index contributed by atoms with van der Waals surface area (Å²) in [6.07, 6.45) is 0.240. The van der Waals surface area contributed by atoms with Crippen molar-refractivity contribution in [2.24, 2.45) is 0 Å². The SMILES string of the molecule is COc1ccc(C[C@H]2C(=O)N[C@@H](C)C(=O)N[C@@H](C)C(=O)N[C@@H](C)C(=O)N2C)cc1. The fraction of sp³-hybridized carbons (Fsp3) is 0.500. The lowest BCUT2D eigenvalue weighted by Gasteiger charge is -2.32. The summed E-state index contributed by atoms with van der Waals surface area (Å²) in [5, 5.41) is 7.76. The van der Waals surface area contributed by atoms with Crippen molar-refractivity contribution in [1.29, 1.82) is 0 Å². The number of rotatable bonds is 3. The Balaban J connectivity index is 2.32. The molecule has 0 radical (unpaired) electrons. The highest BCUT2D eigenvalue weighted by Crippen LogP contribution is 2.15. The van der Waals surface area contributed by atoms with E-state index < -0.39 is 47.8 Å². The molecule has 0 saturated carbocycles. The molecule has 9 nitrogen and oxygen atoms in total. The molecular formula is C20H28N4O5. The highest BCUT2D eigenvalue weighted by Gasteiger charge is 2.33. The molecule has 1 aliphatic rings. The zero-order valence-electron chi connectivity index (χ0n) is 17.3. The van der Waals surface area contributed by atoms with Crippen LogP contribution in [0.25, 0.3) is 0 Å². The highest BCUT2D eigenvalue weighted by molar-refractivity contribution is 5.97. The summed E-state index contributed by atoms with van der Waals surface area (Å²) in [7, 11) is 3.07. The Hall–Kier alpha value is -3.10. The first kappa shape index (κ1) is 22.2. The molecule has 0 aliphatic carbocycles. The van der Waals surface area contributed by atoms with Crippen LogP contribution in [-0.4, -0.2) is 66.9 Å². The average molecular weight is 404 g/mol. The molecule has 158 valence electrons. The van der Waals surface area contributed by atoms with Gasteiger partial charge in [-0.3, -0.25) is 19.2 Å². The summed E-state index contributed by atoms with van der Waals surface area (Å²) in [6.45, 7) is 4.58. The van der Waals surface area contributed by atoms with Crippen molar-refractivity contribution in [3.8, 4) is 5.75 Å². The summed E-state index contributed by atoms with van der Waals surface area (Å²) in [4.78, 5) is 51.6. The Morgan fingerprint density at radius 1 is 0.828 bits per heavy atom. The fourth-order valence-electron chi connectivity index (χ4n) is 3.03. The summed E-state index contributed by atoms with van der Waals surface area (Å²) < 4.78 is 5.14. The van der Waals surface area contributed by atoms with E-state index in [0.717, 1.165) is 5.56 Å². The number of likely N-dealkylation sites (N-methyl/N-ethyl adjacent to an activating group) is 1. The standard InChI is InChI=1S/C20H28N4O5/c1-11-18(26)23-13(3)20(28)24(4)16(19(27)22-12(2)17(25)21-11)10-14-6-8-15(29-5)9-7-14/h6-9,11-13,16H,10H2,1-5H3,(H,21,25)(H,22,27)(H,23,26)/t11-,12-,13-,16-/m0/s1. The van der Waals surface area contributed by atoms with E-state index in [-0.39, 0.29) is 6.42 Å². The molecule has 0 aromatic heterocycles. The molecule has 1 heterocycles. The van der Waals surface area contributed by atoms with Crippen LogP contribution < -0.4 is 20.7 Å². The Labute approximate surface area is 170 Å². The first-order chi connectivity index (χ1) is 13.6. The summed E-state index contributed by atoms with van der Waals surface area (Å²) in [5.41, 5.74) is 0.820. The van der Waals surface area contributed by atoms with E-state index in [1.165, 1.54) is 25.8 Å². The normalized spacial score (nSPS) is 26.6. The smallest absolute Gasteiger partial charge is 0.245 e. The minimum Gasteiger partial charge on any atom is -0.497 e. The van der Waals surface area contributed by atoms with Crippen molar-refractivity contribution in [2.45, 2.75) is 51.4 Å². The minimum absolute atomic E-state index is 0.240. The van der Waals surface area contributed by atoms with E-state index >= 15 is 0 Å². The van der Waals surface area contributed by atoms with Crippen molar-refractivity contribution in [2.75, 3.05) is 14.2 Å². The summed E-state index contributed by atoms with van der Waals surface area (Å²) in [5.74, 6) is -1.13. The number of nitrogens with zero attached hydrogens (tertiary/aromatic N) is 1. The van der Waals surface area contributed by atoms with Crippen molar-refractivity contribution in [3.05, 3.63) is 29.8 Å². The Morgan fingerprint density at radius 2 is 1.31 bits per heavy atom. The second-order valence-corrected chi connectivity index (χ2v) is 7.21. The second kappa shape index (κ2) is 9.40. The van der Waals surface area contributed by atoms with Gasteiger partial charge in [0.05, 0.1) is 7.11 Å². The largest absolute Gasteiger partial charge is 0.497 e. The van der Waals surface area contributed by atoms with Crippen LogP contribution in [0.15, 0.2) is 24.3 Å². The van der Waals surface area contributed by atoms with Gasteiger partial charge in [-0.15, -0.1) is 0 Å². The van der Waals surface area contributed by atoms with Crippen LogP contribution in [0.4, 0.5) is 0 Å². The lowest BCUT2D eigenvalue weighted by Crippen LogP contribution is -2.60. The molecule has 0 spiro atoms. The molecule has 3 N–H and O–H groups in total.